The van der Waals surface area contributed by atoms with E-state index in [1.807, 2.05) is 57.2 Å². The third-order valence-electron chi connectivity index (χ3n) is 8.75. The van der Waals surface area contributed by atoms with E-state index in [0.717, 1.165) is 24.8 Å². The van der Waals surface area contributed by atoms with E-state index in [1.165, 1.54) is 21.9 Å². The molecule has 1 fully saturated rings. The molecule has 2 atom stereocenters. The highest BCUT2D eigenvalue weighted by atomic mass is 35.5. The number of carbonyl (C=O) groups is 3. The monoisotopic (exact) mass is 719 g/mol. The number of carbonyl (C=O) groups excluding carboxylic acids is 3. The third-order valence-corrected chi connectivity index (χ3v) is 8.97. The van der Waals surface area contributed by atoms with Gasteiger partial charge in [0.05, 0.1) is 31.4 Å². The van der Waals surface area contributed by atoms with Gasteiger partial charge in [-0.2, -0.15) is 0 Å². The molecule has 0 saturated carbocycles. The predicted molar refractivity (Wildman–Crippen MR) is 206 cm³/mol. The lowest BCUT2D eigenvalue weighted by atomic mass is 9.86. The Bertz CT molecular complexity index is 1910. The van der Waals surface area contributed by atoms with Crippen LogP contribution in [0, 0.1) is 0 Å². The number of amides is 1. The molecule has 6 rings (SSSR count). The highest BCUT2D eigenvalue weighted by molar-refractivity contribution is 6.67. The summed E-state index contributed by atoms with van der Waals surface area (Å²) in [5, 5.41) is 1.98. The van der Waals surface area contributed by atoms with Gasteiger partial charge in [-0.15, -0.1) is 0 Å². The molecular formula is C44H46ClNO6. The zero-order chi connectivity index (χ0) is 36.9. The number of fused-ring (bicyclic) bond motifs is 1. The fourth-order valence-corrected chi connectivity index (χ4v) is 6.22. The van der Waals surface area contributed by atoms with E-state index in [-0.39, 0.29) is 24.1 Å². The quantitative estimate of drug-likeness (QED) is 0.0812. The molecular weight excluding hydrogens is 674 g/mol. The number of hydrogen-bond donors (Lipinski definition) is 0. The molecule has 0 aromatic heterocycles. The molecule has 52 heavy (non-hydrogen) atoms. The van der Waals surface area contributed by atoms with Crippen LogP contribution in [0.4, 0.5) is 4.79 Å². The van der Waals surface area contributed by atoms with Crippen molar-refractivity contribution < 1.29 is 28.6 Å². The summed E-state index contributed by atoms with van der Waals surface area (Å²) in [5.41, 5.74) is 4.06. The average Bonchev–Trinajstić information content (AvgIpc) is 3.16. The molecule has 1 aliphatic rings. The minimum Gasteiger partial charge on any atom is -0.462 e. The molecule has 2 unspecified atom stereocenters. The van der Waals surface area contributed by atoms with Crippen LogP contribution >= 0.6 is 11.6 Å². The molecule has 0 spiro atoms. The van der Waals surface area contributed by atoms with Gasteiger partial charge in [0.2, 0.25) is 0 Å². The zero-order valence-corrected chi connectivity index (χ0v) is 30.8. The van der Waals surface area contributed by atoms with E-state index in [2.05, 4.69) is 54.6 Å². The van der Waals surface area contributed by atoms with E-state index in [4.69, 9.17) is 25.8 Å². The molecule has 270 valence electrons. The van der Waals surface area contributed by atoms with Crippen LogP contribution < -0.4 is 0 Å². The number of rotatable bonds is 10. The summed E-state index contributed by atoms with van der Waals surface area (Å²) in [5.74, 6) is -0.136. The lowest BCUT2D eigenvalue weighted by Gasteiger charge is -2.39. The molecule has 5 aromatic rings. The van der Waals surface area contributed by atoms with Crippen molar-refractivity contribution in [2.75, 3.05) is 19.7 Å². The van der Waals surface area contributed by atoms with Crippen molar-refractivity contribution in [2.24, 2.45) is 0 Å². The highest BCUT2D eigenvalue weighted by Crippen LogP contribution is 2.32. The minimum absolute atomic E-state index is 0.153. The number of aryl methyl sites for hydroxylation is 1. The second kappa shape index (κ2) is 18.5. The fraction of sp³-hybridized carbons (Fsp3) is 0.295. The molecule has 1 amide bonds. The lowest BCUT2D eigenvalue weighted by molar-refractivity contribution is -0.0359. The van der Waals surface area contributed by atoms with Crippen molar-refractivity contribution in [3.63, 3.8) is 0 Å². The first-order valence-electron chi connectivity index (χ1n) is 17.7. The van der Waals surface area contributed by atoms with Gasteiger partial charge in [0.15, 0.2) is 0 Å². The summed E-state index contributed by atoms with van der Waals surface area (Å²) in [6, 6.07) is 41.2. The first-order valence-corrected chi connectivity index (χ1v) is 18.1. The highest BCUT2D eigenvalue weighted by Gasteiger charge is 2.35. The second-order valence-electron chi connectivity index (χ2n) is 13.8. The number of hydrogen-bond acceptors (Lipinski definition) is 6. The van der Waals surface area contributed by atoms with Crippen LogP contribution in [-0.2, 0) is 27.2 Å². The zero-order valence-electron chi connectivity index (χ0n) is 30.0. The lowest BCUT2D eigenvalue weighted by Crippen LogP contribution is -2.48. The van der Waals surface area contributed by atoms with E-state index < -0.39 is 10.8 Å². The van der Waals surface area contributed by atoms with E-state index in [0.29, 0.717) is 37.4 Å². The van der Waals surface area contributed by atoms with Crippen molar-refractivity contribution in [1.29, 1.82) is 0 Å². The van der Waals surface area contributed by atoms with Crippen LogP contribution in [0.3, 0.4) is 0 Å². The van der Waals surface area contributed by atoms with Crippen LogP contribution in [0.5, 0.6) is 0 Å². The van der Waals surface area contributed by atoms with Gasteiger partial charge in [-0.3, -0.25) is 4.79 Å². The van der Waals surface area contributed by atoms with Crippen LogP contribution in [0.2, 0.25) is 0 Å². The maximum atomic E-state index is 12.9. The molecule has 7 nitrogen and oxygen atoms in total. The Labute approximate surface area is 311 Å². The second-order valence-corrected chi connectivity index (χ2v) is 14.2. The van der Waals surface area contributed by atoms with E-state index >= 15 is 0 Å². The van der Waals surface area contributed by atoms with E-state index in [1.54, 1.807) is 41.3 Å². The molecule has 8 heteroatoms. The summed E-state index contributed by atoms with van der Waals surface area (Å²) in [7, 11) is 0. The van der Waals surface area contributed by atoms with Gasteiger partial charge in [0.1, 0.15) is 5.60 Å². The molecule has 1 saturated heterocycles. The minimum atomic E-state index is -0.551. The van der Waals surface area contributed by atoms with Gasteiger partial charge >= 0.3 is 12.1 Å². The Kier molecular flexibility index (Phi) is 13.6. The maximum absolute atomic E-state index is 12.9. The molecule has 0 aliphatic carbocycles. The van der Waals surface area contributed by atoms with Crippen LogP contribution in [0.25, 0.3) is 10.8 Å². The van der Waals surface area contributed by atoms with Gasteiger partial charge in [0, 0.05) is 18.0 Å². The van der Waals surface area contributed by atoms with E-state index in [9.17, 15) is 14.4 Å². The molecule has 0 N–H and O–H groups in total. The summed E-state index contributed by atoms with van der Waals surface area (Å²) < 4.78 is 17.7. The Morgan fingerprint density at radius 1 is 0.750 bits per heavy atom. The van der Waals surface area contributed by atoms with Crippen LogP contribution in [0.15, 0.2) is 127 Å². The standard InChI is InChI=1S/C37H41NO5.C7H5ClO/c1-37(2,3)43-36(40)38-22-21-33(34(25-38)42-26-28-17-18-29-11-7-8-14-32(29)24-28)30-19-15-27(16-20-30)10-9-23-41-35(39)31-12-5-4-6-13-31;8-7(9)6-4-2-1-3-5-6/h4-8,11-20,24,33-34H,9-10,21-23,25-26H2,1-3H3;1-5H. The van der Waals surface area contributed by atoms with Gasteiger partial charge in [-0.25, -0.2) is 9.59 Å². The van der Waals surface area contributed by atoms with Crippen LogP contribution in [0.1, 0.15) is 76.9 Å². The summed E-state index contributed by atoms with van der Waals surface area (Å²) in [6.07, 6.45) is 1.89. The Balaban J connectivity index is 0.000000507. The van der Waals surface area contributed by atoms with Gasteiger partial charge in [-0.05, 0) is 97.3 Å². The van der Waals surface area contributed by atoms with Gasteiger partial charge < -0.3 is 19.1 Å². The molecule has 1 aliphatic heterocycles. The Hall–Kier alpha value is -4.98. The normalized spacial score (nSPS) is 15.7. The Morgan fingerprint density at radius 3 is 2.00 bits per heavy atom. The van der Waals surface area contributed by atoms with Crippen molar-refractivity contribution in [1.82, 2.24) is 4.90 Å². The molecule has 0 bridgehead atoms. The largest absolute Gasteiger partial charge is 0.462 e. The number of esters is 1. The molecule has 5 aromatic carbocycles. The summed E-state index contributed by atoms with van der Waals surface area (Å²) in [6.45, 7) is 7.60. The molecule has 0 radical (unpaired) electrons. The number of halogens is 1. The Morgan fingerprint density at radius 2 is 1.37 bits per heavy atom. The summed E-state index contributed by atoms with van der Waals surface area (Å²) in [4.78, 5) is 37.3. The van der Waals surface area contributed by atoms with Crippen LogP contribution in [-0.4, -0.2) is 53.6 Å². The van der Waals surface area contributed by atoms with Gasteiger partial charge in [-0.1, -0.05) is 109 Å². The fourth-order valence-electron chi connectivity index (χ4n) is 6.09. The van der Waals surface area contributed by atoms with Gasteiger partial charge in [0.25, 0.3) is 5.24 Å². The van der Waals surface area contributed by atoms with Crippen molar-refractivity contribution >= 4 is 39.7 Å². The van der Waals surface area contributed by atoms with Crippen molar-refractivity contribution in [3.8, 4) is 0 Å². The SMILES string of the molecule is CC(C)(C)OC(=O)N1CCC(c2ccc(CCCOC(=O)c3ccccc3)cc2)C(OCc2ccc3ccccc3c2)C1.O=C(Cl)c1ccccc1. The third kappa shape index (κ3) is 11.5. The first kappa shape index (κ1) is 38.3. The number of piperidine rings is 1. The smallest absolute Gasteiger partial charge is 0.410 e. The predicted octanol–water partition coefficient (Wildman–Crippen LogP) is 10.0. The average molecular weight is 720 g/mol. The summed E-state index contributed by atoms with van der Waals surface area (Å²) >= 11 is 5.16. The molecule has 1 heterocycles. The number of nitrogens with zero attached hydrogens (tertiary/aromatic N) is 1. The first-order chi connectivity index (χ1) is 25.1. The number of ether oxygens (including phenoxy) is 3. The number of benzene rings is 5. The topological polar surface area (TPSA) is 82.1 Å². The van der Waals surface area contributed by atoms with Crippen molar-refractivity contribution in [3.05, 3.63) is 155 Å². The van der Waals surface area contributed by atoms with Crippen molar-refractivity contribution in [2.45, 2.75) is 64.3 Å². The maximum Gasteiger partial charge on any atom is 0.410 e. The number of likely N-dealkylation sites (tertiary alicyclic amines) is 1.